The predicted octanol–water partition coefficient (Wildman–Crippen LogP) is 4.21. The van der Waals surface area contributed by atoms with Crippen LogP contribution in [0.2, 0.25) is 0 Å². The molecule has 0 aliphatic heterocycles. The first-order valence-electron chi connectivity index (χ1n) is 8.01. The summed E-state index contributed by atoms with van der Waals surface area (Å²) in [5, 5.41) is 4.03. The van der Waals surface area contributed by atoms with Crippen molar-refractivity contribution in [2.24, 2.45) is 17.8 Å². The molecule has 21 heavy (non-hydrogen) atoms. The van der Waals surface area contributed by atoms with E-state index in [2.05, 4.69) is 36.3 Å². The van der Waals surface area contributed by atoms with Gasteiger partial charge in [0.15, 0.2) is 5.82 Å². The molecule has 110 valence electrons. The Hall–Kier alpha value is -1.77. The summed E-state index contributed by atoms with van der Waals surface area (Å²) in [6.07, 6.45) is 6.62. The predicted molar refractivity (Wildman–Crippen MR) is 83.7 cm³/mol. The van der Waals surface area contributed by atoms with E-state index in [-0.39, 0.29) is 0 Å². The molecule has 3 unspecified atom stereocenters. The van der Waals surface area contributed by atoms with E-state index in [0.29, 0.717) is 5.82 Å². The largest absolute Gasteiger partial charge is 0.380 e. The van der Waals surface area contributed by atoms with Gasteiger partial charge in [0, 0.05) is 6.42 Å². The molecule has 3 heteroatoms. The lowest BCUT2D eigenvalue weighted by atomic mass is 9.84. The molecule has 2 saturated carbocycles. The average Bonchev–Trinajstić information content (AvgIpc) is 3.15. The van der Waals surface area contributed by atoms with Crippen LogP contribution in [0.3, 0.4) is 0 Å². The zero-order valence-corrected chi connectivity index (χ0v) is 12.5. The molecule has 3 nitrogen and oxygen atoms in total. The van der Waals surface area contributed by atoms with Crippen molar-refractivity contribution in [2.75, 3.05) is 5.73 Å². The summed E-state index contributed by atoms with van der Waals surface area (Å²) in [7, 11) is 0. The summed E-state index contributed by atoms with van der Waals surface area (Å²) < 4.78 is 5.58. The van der Waals surface area contributed by atoms with Gasteiger partial charge in [0.05, 0.1) is 5.56 Å². The van der Waals surface area contributed by atoms with Crippen LogP contribution < -0.4 is 5.73 Å². The quantitative estimate of drug-likeness (QED) is 0.917. The normalized spacial score (nSPS) is 27.4. The molecular weight excluding hydrogens is 260 g/mol. The number of anilines is 1. The highest BCUT2D eigenvalue weighted by Crippen LogP contribution is 2.50. The first-order chi connectivity index (χ1) is 10.2. The van der Waals surface area contributed by atoms with Crippen molar-refractivity contribution in [1.29, 1.82) is 0 Å². The Labute approximate surface area is 125 Å². The molecule has 2 fully saturated rings. The van der Waals surface area contributed by atoms with E-state index in [1.165, 1.54) is 31.2 Å². The topological polar surface area (TPSA) is 52.0 Å². The maximum Gasteiger partial charge on any atom is 0.175 e. The lowest BCUT2D eigenvalue weighted by Gasteiger charge is -2.20. The van der Waals surface area contributed by atoms with Crippen LogP contribution in [0.5, 0.6) is 0 Å². The van der Waals surface area contributed by atoms with E-state index < -0.39 is 0 Å². The van der Waals surface area contributed by atoms with Crippen molar-refractivity contribution in [3.63, 3.8) is 0 Å². The van der Waals surface area contributed by atoms with Crippen molar-refractivity contribution >= 4 is 5.82 Å². The zero-order chi connectivity index (χ0) is 14.4. The van der Waals surface area contributed by atoms with E-state index in [0.717, 1.165) is 41.1 Å². The van der Waals surface area contributed by atoms with Gasteiger partial charge in [-0.15, -0.1) is 0 Å². The van der Waals surface area contributed by atoms with E-state index in [1.807, 2.05) is 0 Å². The highest BCUT2D eigenvalue weighted by atomic mass is 16.5. The third kappa shape index (κ3) is 2.25. The fraction of sp³-hybridized carbons (Fsp3) is 0.500. The second-order valence-electron chi connectivity index (χ2n) is 6.87. The second kappa shape index (κ2) is 4.90. The smallest absolute Gasteiger partial charge is 0.175 e. The fourth-order valence-corrected chi connectivity index (χ4v) is 4.45. The van der Waals surface area contributed by atoms with Gasteiger partial charge in [-0.2, -0.15) is 0 Å². The van der Waals surface area contributed by atoms with Gasteiger partial charge in [-0.05, 0) is 49.5 Å². The molecule has 0 saturated heterocycles. The van der Waals surface area contributed by atoms with Crippen LogP contribution in [0.1, 0.15) is 37.0 Å². The zero-order valence-electron chi connectivity index (χ0n) is 12.5. The molecular formula is C18H22N2O. The lowest BCUT2D eigenvalue weighted by Crippen LogP contribution is -2.13. The molecule has 1 aromatic carbocycles. The van der Waals surface area contributed by atoms with Crippen LogP contribution >= 0.6 is 0 Å². The number of hydrogen-bond acceptors (Lipinski definition) is 3. The van der Waals surface area contributed by atoms with Crippen LogP contribution in [0.25, 0.3) is 11.1 Å². The summed E-state index contributed by atoms with van der Waals surface area (Å²) in [4.78, 5) is 0. The Kier molecular flexibility index (Phi) is 3.02. The van der Waals surface area contributed by atoms with Gasteiger partial charge < -0.3 is 10.3 Å². The van der Waals surface area contributed by atoms with Crippen LogP contribution in [0.4, 0.5) is 5.82 Å². The summed E-state index contributed by atoms with van der Waals surface area (Å²) in [5.74, 6) is 4.13. The molecule has 2 aliphatic carbocycles. The number of nitrogens with two attached hydrogens (primary N) is 1. The minimum absolute atomic E-state index is 0.527. The number of rotatable bonds is 3. The molecule has 0 amide bonds. The monoisotopic (exact) mass is 282 g/mol. The molecule has 1 aromatic heterocycles. The first-order valence-corrected chi connectivity index (χ1v) is 8.01. The molecule has 0 radical (unpaired) electrons. The highest BCUT2D eigenvalue weighted by Gasteiger charge is 2.40. The van der Waals surface area contributed by atoms with Gasteiger partial charge >= 0.3 is 0 Å². The van der Waals surface area contributed by atoms with Gasteiger partial charge in [0.1, 0.15) is 5.76 Å². The number of nitrogen functional groups attached to an aromatic ring is 1. The molecule has 2 N–H and O–H groups in total. The third-order valence-electron chi connectivity index (χ3n) is 5.43. The Morgan fingerprint density at radius 1 is 1.29 bits per heavy atom. The number of aromatic nitrogens is 1. The SMILES string of the molecule is Cc1cccc(-c2c(N)noc2CC2CC3CCC2C3)c1. The molecule has 2 aliphatic rings. The van der Waals surface area contributed by atoms with Crippen LogP contribution in [0.15, 0.2) is 28.8 Å². The Morgan fingerprint density at radius 3 is 2.90 bits per heavy atom. The summed E-state index contributed by atoms with van der Waals surface area (Å²) in [6, 6.07) is 8.43. The Bertz CT molecular complexity index is 661. The van der Waals surface area contributed by atoms with Crippen molar-refractivity contribution in [3.8, 4) is 11.1 Å². The molecule has 0 spiro atoms. The standard InChI is InChI=1S/C18H22N2O/c1-11-3-2-4-14(7-11)17-16(21-20-18(17)19)10-15-9-12-5-6-13(15)8-12/h2-4,7,12-13,15H,5-6,8-10H2,1H3,(H2,19,20). The molecule has 1 heterocycles. The minimum atomic E-state index is 0.527. The Morgan fingerprint density at radius 2 is 2.19 bits per heavy atom. The molecule has 3 atom stereocenters. The summed E-state index contributed by atoms with van der Waals surface area (Å²) in [6.45, 7) is 2.10. The van der Waals surface area contributed by atoms with Crippen molar-refractivity contribution in [2.45, 2.75) is 39.0 Å². The van der Waals surface area contributed by atoms with Gasteiger partial charge in [-0.3, -0.25) is 0 Å². The number of nitrogens with zero attached hydrogens (tertiary/aromatic N) is 1. The maximum atomic E-state index is 6.07. The lowest BCUT2D eigenvalue weighted by molar-refractivity contribution is 0.294. The highest BCUT2D eigenvalue weighted by molar-refractivity contribution is 5.75. The van der Waals surface area contributed by atoms with Crippen molar-refractivity contribution in [3.05, 3.63) is 35.6 Å². The van der Waals surface area contributed by atoms with Crippen molar-refractivity contribution in [1.82, 2.24) is 5.16 Å². The van der Waals surface area contributed by atoms with Crippen LogP contribution in [-0.4, -0.2) is 5.16 Å². The number of fused-ring (bicyclic) bond motifs is 2. The number of aryl methyl sites for hydroxylation is 1. The molecule has 2 aromatic rings. The van der Waals surface area contributed by atoms with E-state index in [9.17, 15) is 0 Å². The van der Waals surface area contributed by atoms with Crippen molar-refractivity contribution < 1.29 is 4.52 Å². The molecule has 2 bridgehead atoms. The maximum absolute atomic E-state index is 6.07. The van der Waals surface area contributed by atoms with Gasteiger partial charge in [-0.1, -0.05) is 41.4 Å². The third-order valence-corrected chi connectivity index (χ3v) is 5.43. The minimum Gasteiger partial charge on any atom is -0.380 e. The summed E-state index contributed by atoms with van der Waals surface area (Å²) >= 11 is 0. The van der Waals surface area contributed by atoms with Gasteiger partial charge in [0.2, 0.25) is 0 Å². The number of hydrogen-bond donors (Lipinski definition) is 1. The summed E-state index contributed by atoms with van der Waals surface area (Å²) in [5.41, 5.74) is 9.45. The van der Waals surface area contributed by atoms with E-state index in [4.69, 9.17) is 10.3 Å². The van der Waals surface area contributed by atoms with Gasteiger partial charge in [0.25, 0.3) is 0 Å². The fourth-order valence-electron chi connectivity index (χ4n) is 4.45. The average molecular weight is 282 g/mol. The second-order valence-corrected chi connectivity index (χ2v) is 6.87. The first kappa shape index (κ1) is 12.9. The van der Waals surface area contributed by atoms with Crippen LogP contribution in [-0.2, 0) is 6.42 Å². The van der Waals surface area contributed by atoms with Gasteiger partial charge in [-0.25, -0.2) is 0 Å². The Balaban J connectivity index is 1.64. The van der Waals surface area contributed by atoms with E-state index >= 15 is 0 Å². The molecule has 4 rings (SSSR count). The number of benzene rings is 1. The van der Waals surface area contributed by atoms with E-state index in [1.54, 1.807) is 0 Å². The van der Waals surface area contributed by atoms with Crippen LogP contribution in [0, 0.1) is 24.7 Å².